The van der Waals surface area contributed by atoms with E-state index in [0.717, 1.165) is 22.6 Å². The van der Waals surface area contributed by atoms with Crippen molar-refractivity contribution in [3.8, 4) is 5.69 Å². The molecular weight excluding hydrogens is 336 g/mol. The molecule has 0 radical (unpaired) electrons. The molecule has 3 aromatic rings. The van der Waals surface area contributed by atoms with Crippen LogP contribution in [0, 0.1) is 6.92 Å². The Morgan fingerprint density at radius 1 is 1.16 bits per heavy atom. The molecule has 0 bridgehead atoms. The van der Waals surface area contributed by atoms with Crippen LogP contribution in [-0.4, -0.2) is 20.9 Å². The van der Waals surface area contributed by atoms with Crippen LogP contribution in [0.5, 0.6) is 0 Å². The number of nitrogens with one attached hydrogen (secondary N) is 1. The number of amides is 1. The number of aryl methyl sites for hydroxylation is 1. The highest BCUT2D eigenvalue weighted by Crippen LogP contribution is 2.23. The van der Waals surface area contributed by atoms with E-state index in [-0.39, 0.29) is 11.8 Å². The second-order valence-corrected chi connectivity index (χ2v) is 6.63. The molecule has 0 atom stereocenters. The van der Waals surface area contributed by atoms with Gasteiger partial charge in [0.15, 0.2) is 5.69 Å². The normalized spacial score (nSPS) is 10.9. The van der Waals surface area contributed by atoms with Crippen molar-refractivity contribution in [3.63, 3.8) is 0 Å². The lowest BCUT2D eigenvalue weighted by molar-refractivity contribution is 0.102. The fraction of sp³-hybridized carbons (Fsp3) is 0.211. The predicted octanol–water partition coefficient (Wildman–Crippen LogP) is 4.60. The smallest absolute Gasteiger partial charge is 0.278 e. The molecule has 0 aliphatic heterocycles. The number of benzene rings is 2. The zero-order chi connectivity index (χ0) is 18.0. The highest BCUT2D eigenvalue weighted by Gasteiger charge is 2.23. The highest BCUT2D eigenvalue weighted by atomic mass is 35.5. The van der Waals surface area contributed by atoms with E-state index in [1.807, 2.05) is 57.2 Å². The molecule has 0 aliphatic carbocycles. The van der Waals surface area contributed by atoms with Gasteiger partial charge in [0.25, 0.3) is 5.91 Å². The molecule has 0 saturated heterocycles. The minimum Gasteiger partial charge on any atom is -0.321 e. The van der Waals surface area contributed by atoms with Gasteiger partial charge in [-0.05, 0) is 54.8 Å². The summed E-state index contributed by atoms with van der Waals surface area (Å²) in [6.45, 7) is 6.00. The van der Waals surface area contributed by atoms with Crippen molar-refractivity contribution in [2.75, 3.05) is 5.32 Å². The second-order valence-electron chi connectivity index (χ2n) is 6.19. The third-order valence-electron chi connectivity index (χ3n) is 3.81. The number of hydrogen-bond acceptors (Lipinski definition) is 3. The third-order valence-corrected chi connectivity index (χ3v) is 4.07. The largest absolute Gasteiger partial charge is 0.321 e. The number of hydrogen-bond donors (Lipinski definition) is 1. The Balaban J connectivity index is 1.96. The fourth-order valence-corrected chi connectivity index (χ4v) is 2.78. The summed E-state index contributed by atoms with van der Waals surface area (Å²) in [5.41, 5.74) is 3.71. The first-order valence-electron chi connectivity index (χ1n) is 8.05. The molecule has 0 spiro atoms. The Morgan fingerprint density at radius 2 is 1.88 bits per heavy atom. The molecule has 0 aliphatic rings. The highest BCUT2D eigenvalue weighted by molar-refractivity contribution is 6.30. The summed E-state index contributed by atoms with van der Waals surface area (Å²) < 4.78 is 1.69. The molecule has 3 rings (SSSR count). The number of halogens is 1. The minimum absolute atomic E-state index is 0.0731. The molecule has 2 aromatic carbocycles. The van der Waals surface area contributed by atoms with Crippen LogP contribution in [0.15, 0.2) is 48.5 Å². The van der Waals surface area contributed by atoms with Gasteiger partial charge < -0.3 is 5.32 Å². The average Bonchev–Trinajstić information content (AvgIpc) is 3.01. The van der Waals surface area contributed by atoms with Crippen molar-refractivity contribution >= 4 is 23.2 Å². The fourth-order valence-electron chi connectivity index (χ4n) is 2.66. The quantitative estimate of drug-likeness (QED) is 0.744. The first-order valence-corrected chi connectivity index (χ1v) is 8.43. The lowest BCUT2D eigenvalue weighted by atomic mass is 10.1. The van der Waals surface area contributed by atoms with Crippen molar-refractivity contribution < 1.29 is 4.79 Å². The molecule has 6 heteroatoms. The first kappa shape index (κ1) is 17.2. The summed E-state index contributed by atoms with van der Waals surface area (Å²) in [5, 5.41) is 11.8. The van der Waals surface area contributed by atoms with E-state index in [1.54, 1.807) is 16.8 Å². The molecule has 1 aromatic heterocycles. The van der Waals surface area contributed by atoms with Crippen molar-refractivity contribution in [1.82, 2.24) is 15.0 Å². The van der Waals surface area contributed by atoms with Crippen LogP contribution in [0.4, 0.5) is 5.69 Å². The first-order chi connectivity index (χ1) is 12.0. The van der Waals surface area contributed by atoms with Crippen molar-refractivity contribution in [2.45, 2.75) is 26.7 Å². The van der Waals surface area contributed by atoms with Gasteiger partial charge in [0.2, 0.25) is 0 Å². The van der Waals surface area contributed by atoms with Crippen LogP contribution < -0.4 is 5.32 Å². The maximum Gasteiger partial charge on any atom is 0.278 e. The van der Waals surface area contributed by atoms with Gasteiger partial charge >= 0.3 is 0 Å². The van der Waals surface area contributed by atoms with E-state index in [2.05, 4.69) is 15.6 Å². The lowest BCUT2D eigenvalue weighted by Crippen LogP contribution is -2.16. The van der Waals surface area contributed by atoms with Gasteiger partial charge in [-0.3, -0.25) is 4.79 Å². The summed E-state index contributed by atoms with van der Waals surface area (Å²) in [4.78, 5) is 12.7. The lowest BCUT2D eigenvalue weighted by Gasteiger charge is -2.11. The minimum atomic E-state index is -0.269. The molecule has 5 nitrogen and oxygen atoms in total. The van der Waals surface area contributed by atoms with Crippen molar-refractivity contribution in [1.29, 1.82) is 0 Å². The molecule has 1 N–H and O–H groups in total. The van der Waals surface area contributed by atoms with Crippen LogP contribution in [0.25, 0.3) is 5.69 Å². The average molecular weight is 355 g/mol. The summed E-state index contributed by atoms with van der Waals surface area (Å²) in [7, 11) is 0. The van der Waals surface area contributed by atoms with E-state index in [9.17, 15) is 4.79 Å². The van der Waals surface area contributed by atoms with Gasteiger partial charge in [0.1, 0.15) is 0 Å². The Kier molecular flexibility index (Phi) is 4.86. The topological polar surface area (TPSA) is 59.8 Å². The Hall–Kier alpha value is -2.66. The monoisotopic (exact) mass is 354 g/mol. The molecule has 0 fully saturated rings. The standard InChI is InChI=1S/C19H19ClN4O/c1-12(2)18-17(19(25)21-15-6-4-5-13(3)11-15)22-23-24(18)16-9-7-14(20)8-10-16/h4-12H,1-3H3,(H,21,25). The molecule has 25 heavy (non-hydrogen) atoms. The second kappa shape index (κ2) is 7.07. The van der Waals surface area contributed by atoms with Crippen LogP contribution >= 0.6 is 11.6 Å². The molecule has 128 valence electrons. The Bertz CT molecular complexity index is 900. The predicted molar refractivity (Wildman–Crippen MR) is 99.6 cm³/mol. The Morgan fingerprint density at radius 3 is 2.52 bits per heavy atom. The number of carbonyl (C=O) groups excluding carboxylic acids is 1. The van der Waals surface area contributed by atoms with E-state index in [0.29, 0.717) is 10.7 Å². The van der Waals surface area contributed by atoms with E-state index in [1.165, 1.54) is 0 Å². The summed E-state index contributed by atoms with van der Waals surface area (Å²) in [6, 6.07) is 14.9. The van der Waals surface area contributed by atoms with Crippen LogP contribution in [0.2, 0.25) is 5.02 Å². The van der Waals surface area contributed by atoms with Gasteiger partial charge in [-0.25, -0.2) is 4.68 Å². The van der Waals surface area contributed by atoms with Crippen molar-refractivity contribution in [2.24, 2.45) is 0 Å². The number of rotatable bonds is 4. The summed E-state index contributed by atoms with van der Waals surface area (Å²) in [6.07, 6.45) is 0. The molecule has 0 saturated carbocycles. The number of anilines is 1. The number of aromatic nitrogens is 3. The van der Waals surface area contributed by atoms with Crippen LogP contribution in [0.3, 0.4) is 0 Å². The van der Waals surface area contributed by atoms with E-state index in [4.69, 9.17) is 11.6 Å². The molecule has 1 heterocycles. The van der Waals surface area contributed by atoms with Gasteiger partial charge in [-0.2, -0.15) is 0 Å². The Labute approximate surface area is 151 Å². The zero-order valence-corrected chi connectivity index (χ0v) is 15.1. The van der Waals surface area contributed by atoms with Gasteiger partial charge in [0.05, 0.1) is 11.4 Å². The van der Waals surface area contributed by atoms with Gasteiger partial charge in [-0.15, -0.1) is 5.10 Å². The van der Waals surface area contributed by atoms with Gasteiger partial charge in [-0.1, -0.05) is 42.8 Å². The third kappa shape index (κ3) is 3.72. The van der Waals surface area contributed by atoms with Crippen LogP contribution in [-0.2, 0) is 0 Å². The zero-order valence-electron chi connectivity index (χ0n) is 14.3. The summed E-state index contributed by atoms with van der Waals surface area (Å²) in [5.74, 6) is -0.196. The maximum absolute atomic E-state index is 12.7. The van der Waals surface area contributed by atoms with E-state index < -0.39 is 0 Å². The number of carbonyl (C=O) groups is 1. The van der Waals surface area contributed by atoms with Crippen molar-refractivity contribution in [3.05, 3.63) is 70.5 Å². The molecule has 0 unspecified atom stereocenters. The maximum atomic E-state index is 12.7. The van der Waals surface area contributed by atoms with Crippen LogP contribution in [0.1, 0.15) is 41.5 Å². The molecular formula is C19H19ClN4O. The summed E-state index contributed by atoms with van der Waals surface area (Å²) >= 11 is 5.95. The van der Waals surface area contributed by atoms with Gasteiger partial charge in [0, 0.05) is 10.7 Å². The SMILES string of the molecule is Cc1cccc(NC(=O)c2nnn(-c3ccc(Cl)cc3)c2C(C)C)c1. The number of nitrogens with zero attached hydrogens (tertiary/aromatic N) is 3. The molecule has 1 amide bonds. The van der Waals surface area contributed by atoms with E-state index >= 15 is 0 Å².